The van der Waals surface area contributed by atoms with Gasteiger partial charge in [0.25, 0.3) is 0 Å². The molecule has 0 aromatic heterocycles. The lowest BCUT2D eigenvalue weighted by molar-refractivity contribution is 0.476. The van der Waals surface area contributed by atoms with E-state index in [1.54, 1.807) is 6.08 Å². The van der Waals surface area contributed by atoms with Crippen molar-refractivity contribution in [3.63, 3.8) is 0 Å². The Morgan fingerprint density at radius 3 is 2.80 bits per heavy atom. The van der Waals surface area contributed by atoms with Crippen LogP contribution >= 0.6 is 11.8 Å². The minimum absolute atomic E-state index is 0.0127. The molecule has 1 aromatic carbocycles. The Morgan fingerprint density at radius 1 is 1.40 bits per heavy atom. The van der Waals surface area contributed by atoms with Crippen LogP contribution < -0.4 is 0 Å². The predicted molar refractivity (Wildman–Crippen MR) is 62.7 cm³/mol. The van der Waals surface area contributed by atoms with Crippen molar-refractivity contribution in [3.8, 4) is 0 Å². The van der Waals surface area contributed by atoms with Crippen LogP contribution in [0.4, 0.5) is 0 Å². The van der Waals surface area contributed by atoms with Gasteiger partial charge in [0.1, 0.15) is 0 Å². The van der Waals surface area contributed by atoms with Crippen LogP contribution in [0.25, 0.3) is 0 Å². The van der Waals surface area contributed by atoms with Crippen molar-refractivity contribution in [3.05, 3.63) is 35.9 Å². The van der Waals surface area contributed by atoms with E-state index >= 15 is 0 Å². The summed E-state index contributed by atoms with van der Waals surface area (Å²) in [5.74, 6) is 2.78. The smallest absolute Gasteiger partial charge is 0.211 e. The van der Waals surface area contributed by atoms with Gasteiger partial charge >= 0.3 is 0 Å². The van der Waals surface area contributed by atoms with E-state index in [4.69, 9.17) is 0 Å². The summed E-state index contributed by atoms with van der Waals surface area (Å²) in [6.07, 6.45) is 2.86. The third-order valence-corrected chi connectivity index (χ3v) is 3.93. The summed E-state index contributed by atoms with van der Waals surface area (Å²) in [5, 5.41) is 0. The van der Waals surface area contributed by atoms with Crippen LogP contribution in [0.1, 0.15) is 18.0 Å². The van der Waals surface area contributed by atoms with Gasteiger partial charge in [-0.05, 0) is 29.4 Å². The molecule has 78 valence electrons. The molecule has 0 aliphatic carbocycles. The first-order valence-electron chi connectivity index (χ1n) is 5.11. The van der Waals surface area contributed by atoms with Crippen molar-refractivity contribution >= 4 is 17.8 Å². The third kappa shape index (κ3) is 2.49. The Kier molecular flexibility index (Phi) is 3.59. The zero-order chi connectivity index (χ0) is 10.5. The van der Waals surface area contributed by atoms with Crippen LogP contribution in [-0.4, -0.2) is 17.6 Å². The number of rotatable bonds is 3. The second-order valence-electron chi connectivity index (χ2n) is 3.70. The van der Waals surface area contributed by atoms with Crippen LogP contribution in [0.3, 0.4) is 0 Å². The number of nitrogens with zero attached hydrogens (tertiary/aromatic N) is 1. The fraction of sp³-hybridized carbons (Fsp3) is 0.417. The zero-order valence-electron chi connectivity index (χ0n) is 8.43. The summed E-state index contributed by atoms with van der Waals surface area (Å²) >= 11 is 1.94. The molecular weight excluding hydrogens is 206 g/mol. The number of aliphatic imine (C=N–C) groups is 1. The minimum atomic E-state index is 0.0127. The SMILES string of the molecule is O=C=NC(c1ccccc1)C1CCSC1. The Morgan fingerprint density at radius 2 is 2.20 bits per heavy atom. The Labute approximate surface area is 93.8 Å². The number of benzene rings is 1. The lowest BCUT2D eigenvalue weighted by Crippen LogP contribution is -2.10. The molecule has 0 N–H and O–H groups in total. The Bertz CT molecular complexity index is 353. The van der Waals surface area contributed by atoms with Crippen LogP contribution in [0.2, 0.25) is 0 Å². The third-order valence-electron chi connectivity index (χ3n) is 2.74. The molecule has 2 atom stereocenters. The normalized spacial score (nSPS) is 22.0. The summed E-state index contributed by atoms with van der Waals surface area (Å²) in [7, 11) is 0. The van der Waals surface area contributed by atoms with E-state index in [1.165, 1.54) is 5.75 Å². The molecule has 1 aliphatic rings. The number of isocyanates is 1. The van der Waals surface area contributed by atoms with Gasteiger partial charge < -0.3 is 0 Å². The summed E-state index contributed by atoms with van der Waals surface area (Å²) in [6.45, 7) is 0. The van der Waals surface area contributed by atoms with Crippen LogP contribution in [-0.2, 0) is 4.79 Å². The molecule has 1 aliphatic heterocycles. The molecule has 2 unspecified atom stereocenters. The monoisotopic (exact) mass is 219 g/mol. The molecule has 15 heavy (non-hydrogen) atoms. The maximum atomic E-state index is 10.4. The molecule has 0 amide bonds. The number of carbonyl (C=O) groups excluding carboxylic acids is 1. The first kappa shape index (κ1) is 10.5. The largest absolute Gasteiger partial charge is 0.235 e. The molecule has 0 bridgehead atoms. The van der Waals surface area contributed by atoms with E-state index in [2.05, 4.69) is 4.99 Å². The van der Waals surface area contributed by atoms with E-state index < -0.39 is 0 Å². The second kappa shape index (κ2) is 5.15. The standard InChI is InChI=1S/C12H13NOS/c14-9-13-12(11-6-7-15-8-11)10-4-2-1-3-5-10/h1-5,11-12H,6-8H2. The lowest BCUT2D eigenvalue weighted by Gasteiger charge is -2.17. The van der Waals surface area contributed by atoms with Crippen molar-refractivity contribution in [1.82, 2.24) is 0 Å². The van der Waals surface area contributed by atoms with E-state index in [0.717, 1.165) is 17.7 Å². The summed E-state index contributed by atoms with van der Waals surface area (Å²) in [5.41, 5.74) is 1.13. The molecular formula is C12H13NOS. The average molecular weight is 219 g/mol. The number of thioether (sulfide) groups is 1. The van der Waals surface area contributed by atoms with E-state index in [-0.39, 0.29) is 6.04 Å². The van der Waals surface area contributed by atoms with Crippen molar-refractivity contribution < 1.29 is 4.79 Å². The van der Waals surface area contributed by atoms with Crippen LogP contribution in [0.5, 0.6) is 0 Å². The van der Waals surface area contributed by atoms with Crippen molar-refractivity contribution in [2.24, 2.45) is 10.9 Å². The quantitative estimate of drug-likeness (QED) is 0.578. The van der Waals surface area contributed by atoms with Gasteiger partial charge in [0.05, 0.1) is 6.04 Å². The van der Waals surface area contributed by atoms with Gasteiger partial charge in [0.15, 0.2) is 0 Å². The second-order valence-corrected chi connectivity index (χ2v) is 4.85. The molecule has 0 radical (unpaired) electrons. The first-order valence-corrected chi connectivity index (χ1v) is 6.27. The first-order chi connectivity index (χ1) is 7.42. The van der Waals surface area contributed by atoms with E-state index in [0.29, 0.717) is 5.92 Å². The maximum absolute atomic E-state index is 10.4. The van der Waals surface area contributed by atoms with Gasteiger partial charge in [-0.2, -0.15) is 16.8 Å². The molecule has 1 heterocycles. The number of hydrogen-bond acceptors (Lipinski definition) is 3. The van der Waals surface area contributed by atoms with Crippen LogP contribution in [0.15, 0.2) is 35.3 Å². The fourth-order valence-electron chi connectivity index (χ4n) is 1.96. The molecule has 1 aromatic rings. The molecule has 1 saturated heterocycles. The van der Waals surface area contributed by atoms with E-state index in [1.807, 2.05) is 42.1 Å². The van der Waals surface area contributed by atoms with Crippen LogP contribution in [0, 0.1) is 5.92 Å². The highest BCUT2D eigenvalue weighted by molar-refractivity contribution is 7.99. The van der Waals surface area contributed by atoms with E-state index in [9.17, 15) is 4.79 Å². The molecule has 3 heteroatoms. The highest BCUT2D eigenvalue weighted by atomic mass is 32.2. The molecule has 1 fully saturated rings. The van der Waals surface area contributed by atoms with Gasteiger partial charge in [-0.25, -0.2) is 4.79 Å². The Hall–Kier alpha value is -1.05. The van der Waals surface area contributed by atoms with Gasteiger partial charge in [0, 0.05) is 0 Å². The molecule has 0 spiro atoms. The minimum Gasteiger partial charge on any atom is -0.211 e. The molecule has 0 saturated carbocycles. The fourth-order valence-corrected chi connectivity index (χ4v) is 3.25. The summed E-state index contributed by atoms with van der Waals surface area (Å²) in [6, 6.07) is 10.0. The lowest BCUT2D eigenvalue weighted by atomic mass is 9.93. The highest BCUT2D eigenvalue weighted by Gasteiger charge is 2.26. The van der Waals surface area contributed by atoms with Gasteiger partial charge in [-0.3, -0.25) is 0 Å². The zero-order valence-corrected chi connectivity index (χ0v) is 9.24. The highest BCUT2D eigenvalue weighted by Crippen LogP contribution is 2.36. The van der Waals surface area contributed by atoms with Gasteiger partial charge in [0.2, 0.25) is 6.08 Å². The topological polar surface area (TPSA) is 29.4 Å². The summed E-state index contributed by atoms with van der Waals surface area (Å²) in [4.78, 5) is 14.4. The average Bonchev–Trinajstić information content (AvgIpc) is 2.80. The Balaban J connectivity index is 2.23. The van der Waals surface area contributed by atoms with Gasteiger partial charge in [-0.15, -0.1) is 0 Å². The van der Waals surface area contributed by atoms with Crippen molar-refractivity contribution in [2.45, 2.75) is 12.5 Å². The number of hydrogen-bond donors (Lipinski definition) is 0. The summed E-state index contributed by atoms with van der Waals surface area (Å²) < 4.78 is 0. The maximum Gasteiger partial charge on any atom is 0.235 e. The molecule has 2 rings (SSSR count). The van der Waals surface area contributed by atoms with Gasteiger partial charge in [-0.1, -0.05) is 30.3 Å². The van der Waals surface area contributed by atoms with Crippen molar-refractivity contribution in [1.29, 1.82) is 0 Å². The molecule has 2 nitrogen and oxygen atoms in total. The predicted octanol–water partition coefficient (Wildman–Crippen LogP) is 2.82. The van der Waals surface area contributed by atoms with Crippen molar-refractivity contribution in [2.75, 3.05) is 11.5 Å².